The highest BCUT2D eigenvalue weighted by atomic mass is 16.5. The van der Waals surface area contributed by atoms with Crippen molar-refractivity contribution in [1.29, 1.82) is 0 Å². The molecule has 0 aliphatic carbocycles. The van der Waals surface area contributed by atoms with Crippen molar-refractivity contribution in [1.82, 2.24) is 14.3 Å². The van der Waals surface area contributed by atoms with Gasteiger partial charge in [-0.15, -0.1) is 0 Å². The zero-order chi connectivity index (χ0) is 20.9. The number of ether oxygens (including phenoxy) is 1. The number of likely N-dealkylation sites (N-methyl/N-ethyl adjacent to an activating group) is 1. The summed E-state index contributed by atoms with van der Waals surface area (Å²) in [7, 11) is 1.83. The summed E-state index contributed by atoms with van der Waals surface area (Å²) in [5, 5.41) is 2.92. The normalized spacial score (nSPS) is 14.3. The first-order valence-electron chi connectivity index (χ1n) is 9.97. The van der Waals surface area contributed by atoms with Crippen molar-refractivity contribution in [2.75, 3.05) is 50.1 Å². The molecule has 1 amide bonds. The molecule has 1 aliphatic heterocycles. The fourth-order valence-corrected chi connectivity index (χ4v) is 3.54. The van der Waals surface area contributed by atoms with E-state index in [0.717, 1.165) is 37.7 Å². The zero-order valence-corrected chi connectivity index (χ0v) is 17.0. The zero-order valence-electron chi connectivity index (χ0n) is 17.0. The quantitative estimate of drug-likeness (QED) is 0.669. The van der Waals surface area contributed by atoms with E-state index in [1.54, 1.807) is 18.3 Å². The monoisotopic (exact) mass is 407 g/mol. The Morgan fingerprint density at radius 3 is 2.70 bits per heavy atom. The topological polar surface area (TPSA) is 79.2 Å². The van der Waals surface area contributed by atoms with Gasteiger partial charge < -0.3 is 15.0 Å². The minimum absolute atomic E-state index is 0.117. The number of fused-ring (bicyclic) bond motifs is 1. The first-order valence-corrected chi connectivity index (χ1v) is 9.97. The van der Waals surface area contributed by atoms with Crippen LogP contribution in [0, 0.1) is 0 Å². The number of pyridine rings is 1. The molecular weight excluding hydrogens is 382 g/mol. The second-order valence-electron chi connectivity index (χ2n) is 7.38. The van der Waals surface area contributed by atoms with Crippen LogP contribution in [0.25, 0.3) is 5.65 Å². The highest BCUT2D eigenvalue weighted by molar-refractivity contribution is 5.92. The Morgan fingerprint density at radius 2 is 1.93 bits per heavy atom. The van der Waals surface area contributed by atoms with Gasteiger partial charge >= 0.3 is 0 Å². The van der Waals surface area contributed by atoms with Gasteiger partial charge in [0.05, 0.1) is 25.5 Å². The van der Waals surface area contributed by atoms with Crippen molar-refractivity contribution in [2.24, 2.45) is 0 Å². The fraction of sp³-hybridized carbons (Fsp3) is 0.318. The van der Waals surface area contributed by atoms with Gasteiger partial charge in [-0.2, -0.15) is 0 Å². The molecule has 0 bridgehead atoms. The van der Waals surface area contributed by atoms with E-state index in [0.29, 0.717) is 17.9 Å². The molecule has 1 N–H and O–H groups in total. The number of nitrogens with one attached hydrogen (secondary N) is 1. The number of rotatable bonds is 6. The first-order chi connectivity index (χ1) is 14.6. The van der Waals surface area contributed by atoms with Crippen LogP contribution in [0.5, 0.6) is 0 Å². The van der Waals surface area contributed by atoms with Gasteiger partial charge in [0.2, 0.25) is 5.91 Å². The number of aromatic nitrogens is 2. The minimum Gasteiger partial charge on any atom is -0.378 e. The molecule has 1 aliphatic rings. The van der Waals surface area contributed by atoms with Crippen LogP contribution < -0.4 is 15.8 Å². The third-order valence-electron chi connectivity index (χ3n) is 5.00. The van der Waals surface area contributed by atoms with Crippen LogP contribution in [-0.4, -0.2) is 60.1 Å². The minimum atomic E-state index is -0.131. The number of carbonyl (C=O) groups excluding carboxylic acids is 1. The summed E-state index contributed by atoms with van der Waals surface area (Å²) < 4.78 is 6.88. The van der Waals surface area contributed by atoms with E-state index in [1.807, 2.05) is 42.3 Å². The van der Waals surface area contributed by atoms with Gasteiger partial charge in [-0.1, -0.05) is 6.07 Å². The molecule has 1 saturated heterocycles. The Hall–Kier alpha value is -3.23. The third kappa shape index (κ3) is 4.84. The van der Waals surface area contributed by atoms with Gasteiger partial charge in [0, 0.05) is 43.3 Å². The smallest absolute Gasteiger partial charge is 0.258 e. The number of morpholine rings is 1. The summed E-state index contributed by atoms with van der Waals surface area (Å²) in [5.41, 5.74) is 2.98. The number of nitrogens with zero attached hydrogens (tertiary/aromatic N) is 4. The van der Waals surface area contributed by atoms with Crippen LogP contribution in [0.1, 0.15) is 5.69 Å². The average Bonchev–Trinajstić information content (AvgIpc) is 2.75. The predicted octanol–water partition coefficient (Wildman–Crippen LogP) is 1.60. The molecule has 1 aromatic carbocycles. The molecule has 30 heavy (non-hydrogen) atoms. The van der Waals surface area contributed by atoms with E-state index < -0.39 is 0 Å². The molecule has 0 unspecified atom stereocenters. The molecule has 1 fully saturated rings. The summed E-state index contributed by atoms with van der Waals surface area (Å²) in [6.45, 7) is 3.84. The van der Waals surface area contributed by atoms with Crippen molar-refractivity contribution in [3.05, 3.63) is 70.8 Å². The first kappa shape index (κ1) is 20.1. The van der Waals surface area contributed by atoms with E-state index >= 15 is 0 Å². The molecule has 0 spiro atoms. The number of carbonyl (C=O) groups is 1. The molecule has 3 heterocycles. The van der Waals surface area contributed by atoms with E-state index in [1.165, 1.54) is 10.5 Å². The number of benzene rings is 1. The van der Waals surface area contributed by atoms with E-state index in [2.05, 4.69) is 15.2 Å². The lowest BCUT2D eigenvalue weighted by atomic mass is 10.2. The number of anilines is 2. The molecule has 8 nitrogen and oxygen atoms in total. The van der Waals surface area contributed by atoms with Crippen LogP contribution in [0.3, 0.4) is 0 Å². The van der Waals surface area contributed by atoms with E-state index in [-0.39, 0.29) is 18.0 Å². The largest absolute Gasteiger partial charge is 0.378 e. The third-order valence-corrected chi connectivity index (χ3v) is 5.00. The molecule has 0 radical (unpaired) electrons. The lowest BCUT2D eigenvalue weighted by molar-refractivity contribution is -0.117. The molecule has 3 aromatic rings. The summed E-state index contributed by atoms with van der Waals surface area (Å²) in [6.07, 6.45) is 1.69. The Balaban J connectivity index is 1.33. The van der Waals surface area contributed by atoms with E-state index in [9.17, 15) is 9.59 Å². The van der Waals surface area contributed by atoms with Gasteiger partial charge in [-0.3, -0.25) is 18.9 Å². The van der Waals surface area contributed by atoms with Crippen molar-refractivity contribution in [3.63, 3.8) is 0 Å². The predicted molar refractivity (Wildman–Crippen MR) is 116 cm³/mol. The van der Waals surface area contributed by atoms with Crippen molar-refractivity contribution < 1.29 is 9.53 Å². The summed E-state index contributed by atoms with van der Waals surface area (Å²) >= 11 is 0. The van der Waals surface area contributed by atoms with Gasteiger partial charge in [0.15, 0.2) is 0 Å². The van der Waals surface area contributed by atoms with Crippen LogP contribution >= 0.6 is 0 Å². The molecule has 4 rings (SSSR count). The second kappa shape index (κ2) is 9.06. The average molecular weight is 407 g/mol. The van der Waals surface area contributed by atoms with Crippen LogP contribution in [0.4, 0.5) is 11.4 Å². The van der Waals surface area contributed by atoms with E-state index in [4.69, 9.17) is 4.74 Å². The summed E-state index contributed by atoms with van der Waals surface area (Å²) in [6, 6.07) is 14.8. The SMILES string of the molecule is CN(CC(=O)Nc1ccc(N2CCOCC2)cc1)Cc1cc(=O)n2ccccc2n1. The lowest BCUT2D eigenvalue weighted by Gasteiger charge is -2.28. The Bertz CT molecular complexity index is 1070. The Morgan fingerprint density at radius 1 is 1.17 bits per heavy atom. The van der Waals surface area contributed by atoms with Gasteiger partial charge in [-0.25, -0.2) is 4.98 Å². The molecular formula is C22H25N5O3. The van der Waals surface area contributed by atoms with Crippen molar-refractivity contribution in [3.8, 4) is 0 Å². The lowest BCUT2D eigenvalue weighted by Crippen LogP contribution is -2.36. The second-order valence-corrected chi connectivity index (χ2v) is 7.38. The number of hydrogen-bond acceptors (Lipinski definition) is 6. The molecule has 2 aromatic heterocycles. The van der Waals surface area contributed by atoms with Crippen LogP contribution in [-0.2, 0) is 16.1 Å². The molecule has 0 atom stereocenters. The number of hydrogen-bond donors (Lipinski definition) is 1. The van der Waals surface area contributed by atoms with Gasteiger partial charge in [0.25, 0.3) is 5.56 Å². The maximum absolute atomic E-state index is 12.4. The van der Waals surface area contributed by atoms with Crippen molar-refractivity contribution >= 4 is 22.9 Å². The molecule has 0 saturated carbocycles. The van der Waals surface area contributed by atoms with Crippen LogP contribution in [0.2, 0.25) is 0 Å². The summed E-state index contributed by atoms with van der Waals surface area (Å²) in [5.74, 6) is -0.117. The highest BCUT2D eigenvalue weighted by Crippen LogP contribution is 2.19. The maximum atomic E-state index is 12.4. The standard InChI is InChI=1S/C22H25N5O3/c1-25(15-18-14-22(29)27-9-3-2-4-20(27)23-18)16-21(28)24-17-5-7-19(8-6-17)26-10-12-30-13-11-26/h2-9,14H,10-13,15-16H2,1H3,(H,24,28). The highest BCUT2D eigenvalue weighted by Gasteiger charge is 2.12. The Kier molecular flexibility index (Phi) is 6.06. The van der Waals surface area contributed by atoms with Crippen LogP contribution in [0.15, 0.2) is 59.5 Å². The van der Waals surface area contributed by atoms with Crippen molar-refractivity contribution in [2.45, 2.75) is 6.54 Å². The molecule has 8 heteroatoms. The summed E-state index contributed by atoms with van der Waals surface area (Å²) in [4.78, 5) is 33.2. The maximum Gasteiger partial charge on any atom is 0.258 e. The van der Waals surface area contributed by atoms with Gasteiger partial charge in [0.1, 0.15) is 5.65 Å². The number of amides is 1. The fourth-order valence-electron chi connectivity index (χ4n) is 3.54. The van der Waals surface area contributed by atoms with Gasteiger partial charge in [-0.05, 0) is 43.4 Å². The molecule has 156 valence electrons. The Labute approximate surface area is 174 Å².